The minimum absolute atomic E-state index is 0.0148. The van der Waals surface area contributed by atoms with Crippen molar-refractivity contribution in [3.05, 3.63) is 70.2 Å². The number of carbonyl (C=O) groups is 3. The number of halogens is 1. The highest BCUT2D eigenvalue weighted by Crippen LogP contribution is 2.15. The lowest BCUT2D eigenvalue weighted by Gasteiger charge is -2.35. The number of amides is 3. The van der Waals surface area contributed by atoms with Crippen LogP contribution in [0.2, 0.25) is 5.02 Å². The summed E-state index contributed by atoms with van der Waals surface area (Å²) in [5.74, 6) is -0.435. The SMILES string of the molecule is CC1CN(C(=O)c2ccc(CNC(=O)CCNC(=O)c3ccc(Cl)cc3)cc2)CC(C)O1. The quantitative estimate of drug-likeness (QED) is 0.669. The minimum atomic E-state index is -0.251. The van der Waals surface area contributed by atoms with Crippen LogP contribution in [-0.4, -0.2) is 54.5 Å². The van der Waals surface area contributed by atoms with Gasteiger partial charge in [0.25, 0.3) is 11.8 Å². The molecular weight excluding hydrogens is 430 g/mol. The Morgan fingerprint density at radius 3 is 2.16 bits per heavy atom. The molecule has 170 valence electrons. The van der Waals surface area contributed by atoms with Crippen molar-refractivity contribution >= 4 is 29.3 Å². The number of benzene rings is 2. The largest absolute Gasteiger partial charge is 0.372 e. The molecule has 2 N–H and O–H groups in total. The van der Waals surface area contributed by atoms with Gasteiger partial charge in [0.15, 0.2) is 0 Å². The lowest BCUT2D eigenvalue weighted by molar-refractivity contribution is -0.121. The normalized spacial score (nSPS) is 18.2. The Morgan fingerprint density at radius 1 is 0.938 bits per heavy atom. The summed E-state index contributed by atoms with van der Waals surface area (Å²) in [6.45, 7) is 5.67. The molecule has 7 nitrogen and oxygen atoms in total. The Balaban J connectivity index is 1.40. The molecule has 0 spiro atoms. The van der Waals surface area contributed by atoms with E-state index >= 15 is 0 Å². The van der Waals surface area contributed by atoms with Crippen molar-refractivity contribution in [1.29, 1.82) is 0 Å². The van der Waals surface area contributed by atoms with E-state index in [-0.39, 0.29) is 42.9 Å². The molecule has 0 radical (unpaired) electrons. The van der Waals surface area contributed by atoms with Crippen molar-refractivity contribution in [2.24, 2.45) is 0 Å². The second-order valence-electron chi connectivity index (χ2n) is 7.95. The third-order valence-corrected chi connectivity index (χ3v) is 5.39. The van der Waals surface area contributed by atoms with E-state index in [1.165, 1.54) is 0 Å². The Kier molecular flexibility index (Phi) is 8.25. The summed E-state index contributed by atoms with van der Waals surface area (Å²) in [5.41, 5.74) is 2.00. The molecule has 1 fully saturated rings. The van der Waals surface area contributed by atoms with Gasteiger partial charge in [-0.05, 0) is 55.8 Å². The van der Waals surface area contributed by atoms with E-state index in [0.717, 1.165) is 5.56 Å². The van der Waals surface area contributed by atoms with Gasteiger partial charge in [0.2, 0.25) is 5.91 Å². The summed E-state index contributed by atoms with van der Waals surface area (Å²) in [4.78, 5) is 38.6. The number of rotatable bonds is 7. The molecule has 2 atom stereocenters. The molecule has 0 saturated carbocycles. The van der Waals surface area contributed by atoms with Crippen LogP contribution in [0, 0.1) is 0 Å². The fraction of sp³-hybridized carbons (Fsp3) is 0.375. The van der Waals surface area contributed by atoms with Gasteiger partial charge in [-0.1, -0.05) is 23.7 Å². The van der Waals surface area contributed by atoms with Crippen molar-refractivity contribution in [3.63, 3.8) is 0 Å². The number of nitrogens with one attached hydrogen (secondary N) is 2. The summed E-state index contributed by atoms with van der Waals surface area (Å²) in [6, 6.07) is 13.8. The molecule has 3 rings (SSSR count). The molecule has 1 aliphatic rings. The van der Waals surface area contributed by atoms with Gasteiger partial charge in [0.05, 0.1) is 12.2 Å². The second-order valence-corrected chi connectivity index (χ2v) is 8.39. The van der Waals surface area contributed by atoms with Crippen LogP contribution in [0.5, 0.6) is 0 Å². The molecular formula is C24H28ClN3O4. The molecule has 0 aliphatic carbocycles. The topological polar surface area (TPSA) is 87.7 Å². The number of ether oxygens (including phenoxy) is 1. The highest BCUT2D eigenvalue weighted by molar-refractivity contribution is 6.30. The zero-order chi connectivity index (χ0) is 23.1. The van der Waals surface area contributed by atoms with Crippen LogP contribution >= 0.6 is 11.6 Å². The number of hydrogen-bond donors (Lipinski definition) is 2. The molecule has 1 saturated heterocycles. The first-order chi connectivity index (χ1) is 15.3. The molecule has 3 amide bonds. The summed E-state index contributed by atoms with van der Waals surface area (Å²) >= 11 is 5.81. The highest BCUT2D eigenvalue weighted by Gasteiger charge is 2.26. The Labute approximate surface area is 193 Å². The third kappa shape index (κ3) is 6.80. The van der Waals surface area contributed by atoms with E-state index in [0.29, 0.717) is 35.8 Å². The fourth-order valence-corrected chi connectivity index (χ4v) is 3.70. The second kappa shape index (κ2) is 11.1. The van der Waals surface area contributed by atoms with Crippen LogP contribution in [0.3, 0.4) is 0 Å². The molecule has 2 unspecified atom stereocenters. The smallest absolute Gasteiger partial charge is 0.254 e. The number of carbonyl (C=O) groups excluding carboxylic acids is 3. The molecule has 1 heterocycles. The lowest BCUT2D eigenvalue weighted by atomic mass is 10.1. The van der Waals surface area contributed by atoms with E-state index in [1.807, 2.05) is 30.9 Å². The first-order valence-corrected chi connectivity index (χ1v) is 11.0. The third-order valence-electron chi connectivity index (χ3n) is 5.14. The first-order valence-electron chi connectivity index (χ1n) is 10.7. The van der Waals surface area contributed by atoms with Gasteiger partial charge in [0, 0.05) is 48.7 Å². The van der Waals surface area contributed by atoms with Crippen LogP contribution in [0.25, 0.3) is 0 Å². The number of hydrogen-bond acceptors (Lipinski definition) is 4. The highest BCUT2D eigenvalue weighted by atomic mass is 35.5. The van der Waals surface area contributed by atoms with Crippen LogP contribution < -0.4 is 10.6 Å². The number of nitrogens with zero attached hydrogens (tertiary/aromatic N) is 1. The van der Waals surface area contributed by atoms with Crippen molar-refractivity contribution in [2.75, 3.05) is 19.6 Å². The molecule has 0 aromatic heterocycles. The summed E-state index contributed by atoms with van der Waals surface area (Å²) in [7, 11) is 0. The van der Waals surface area contributed by atoms with Gasteiger partial charge in [0.1, 0.15) is 0 Å². The maximum atomic E-state index is 12.7. The fourth-order valence-electron chi connectivity index (χ4n) is 3.57. The van der Waals surface area contributed by atoms with Gasteiger partial charge in [-0.15, -0.1) is 0 Å². The van der Waals surface area contributed by atoms with E-state index in [4.69, 9.17) is 16.3 Å². The zero-order valence-corrected chi connectivity index (χ0v) is 19.0. The average Bonchev–Trinajstić information content (AvgIpc) is 2.77. The van der Waals surface area contributed by atoms with Crippen molar-refractivity contribution in [2.45, 2.75) is 39.0 Å². The molecule has 2 aromatic carbocycles. The lowest BCUT2D eigenvalue weighted by Crippen LogP contribution is -2.48. The summed E-state index contributed by atoms with van der Waals surface area (Å²) in [6.07, 6.45) is 0.213. The maximum Gasteiger partial charge on any atom is 0.254 e. The van der Waals surface area contributed by atoms with Crippen LogP contribution in [0.1, 0.15) is 46.5 Å². The Hall–Kier alpha value is -2.90. The summed E-state index contributed by atoms with van der Waals surface area (Å²) in [5, 5.41) is 6.09. The van der Waals surface area contributed by atoms with Gasteiger partial charge in [-0.25, -0.2) is 0 Å². The van der Waals surface area contributed by atoms with E-state index < -0.39 is 0 Å². The minimum Gasteiger partial charge on any atom is -0.372 e. The molecule has 1 aliphatic heterocycles. The molecule has 8 heteroatoms. The van der Waals surface area contributed by atoms with Gasteiger partial charge in [-0.2, -0.15) is 0 Å². The van der Waals surface area contributed by atoms with E-state index in [1.54, 1.807) is 36.4 Å². The van der Waals surface area contributed by atoms with Crippen molar-refractivity contribution in [1.82, 2.24) is 15.5 Å². The van der Waals surface area contributed by atoms with E-state index in [9.17, 15) is 14.4 Å². The van der Waals surface area contributed by atoms with Gasteiger partial charge < -0.3 is 20.3 Å². The van der Waals surface area contributed by atoms with Crippen LogP contribution in [-0.2, 0) is 16.1 Å². The van der Waals surface area contributed by atoms with Gasteiger partial charge >= 0.3 is 0 Å². The zero-order valence-electron chi connectivity index (χ0n) is 18.3. The molecule has 0 bridgehead atoms. The van der Waals surface area contributed by atoms with Crippen molar-refractivity contribution in [3.8, 4) is 0 Å². The van der Waals surface area contributed by atoms with Crippen LogP contribution in [0.4, 0.5) is 0 Å². The monoisotopic (exact) mass is 457 g/mol. The predicted octanol–water partition coefficient (Wildman–Crippen LogP) is 3.03. The molecule has 32 heavy (non-hydrogen) atoms. The maximum absolute atomic E-state index is 12.7. The first kappa shape index (κ1) is 23.8. The molecule has 2 aromatic rings. The number of morpholine rings is 1. The van der Waals surface area contributed by atoms with Crippen molar-refractivity contribution < 1.29 is 19.1 Å². The summed E-state index contributed by atoms with van der Waals surface area (Å²) < 4.78 is 5.68. The predicted molar refractivity (Wildman–Crippen MR) is 123 cm³/mol. The van der Waals surface area contributed by atoms with E-state index in [2.05, 4.69) is 10.6 Å². The Morgan fingerprint density at radius 2 is 1.53 bits per heavy atom. The average molecular weight is 458 g/mol. The Bertz CT molecular complexity index is 937. The standard InChI is InChI=1S/C24H28ClN3O4/c1-16-14-28(15-17(2)32-16)24(31)20-5-3-18(4-6-20)13-27-22(29)11-12-26-23(30)19-7-9-21(25)10-8-19/h3-10,16-17H,11-15H2,1-2H3,(H,26,30)(H,27,29). The van der Waals surface area contributed by atoms with Gasteiger partial charge in [-0.3, -0.25) is 14.4 Å². The van der Waals surface area contributed by atoms with Crippen LogP contribution in [0.15, 0.2) is 48.5 Å².